The van der Waals surface area contributed by atoms with Crippen LogP contribution in [0.4, 0.5) is 17.6 Å². The highest BCUT2D eigenvalue weighted by Gasteiger charge is 2.35. The Balaban J connectivity index is 1.47. The van der Waals surface area contributed by atoms with Crippen molar-refractivity contribution in [3.8, 4) is 34.2 Å². The number of halogens is 4. The first-order valence-electron chi connectivity index (χ1n) is 10.4. The molecule has 0 spiro atoms. The van der Waals surface area contributed by atoms with Gasteiger partial charge in [0.1, 0.15) is 5.82 Å². The zero-order chi connectivity index (χ0) is 24.2. The van der Waals surface area contributed by atoms with Crippen molar-refractivity contribution in [1.29, 1.82) is 0 Å². The van der Waals surface area contributed by atoms with E-state index in [1.807, 2.05) is 30.3 Å². The first kappa shape index (κ1) is 21.0. The number of nitrogens with zero attached hydrogens (tertiary/aromatic N) is 5. The highest BCUT2D eigenvalue weighted by atomic mass is 19.4. The standard InChI is InChI=1S/C25H13F4N5O/c26-18-9-7-15(8-10-18)23-31-24(35-33-23)20-13-22-30-19(12-21(25(27,28)29)34(22)32-20)17-6-5-14-3-1-2-4-16(14)11-17/h1-13H. The average Bonchev–Trinajstić information content (AvgIpc) is 3.50. The second kappa shape index (κ2) is 7.73. The Morgan fingerprint density at radius 3 is 2.26 bits per heavy atom. The van der Waals surface area contributed by atoms with Gasteiger partial charge in [-0.25, -0.2) is 13.9 Å². The molecule has 0 N–H and O–H groups in total. The number of rotatable bonds is 3. The van der Waals surface area contributed by atoms with Crippen LogP contribution in [0.2, 0.25) is 0 Å². The molecule has 3 aromatic carbocycles. The fourth-order valence-corrected chi connectivity index (χ4v) is 3.82. The molecule has 6 nitrogen and oxygen atoms in total. The summed E-state index contributed by atoms with van der Waals surface area (Å²) in [7, 11) is 0. The molecule has 172 valence electrons. The molecular formula is C25H13F4N5O. The Morgan fingerprint density at radius 1 is 0.743 bits per heavy atom. The number of fused-ring (bicyclic) bond motifs is 2. The highest BCUT2D eigenvalue weighted by molar-refractivity contribution is 5.87. The number of benzene rings is 3. The Morgan fingerprint density at radius 2 is 1.49 bits per heavy atom. The summed E-state index contributed by atoms with van der Waals surface area (Å²) in [5.41, 5.74) is 0.183. The van der Waals surface area contributed by atoms with Gasteiger partial charge in [-0.15, -0.1) is 0 Å². The van der Waals surface area contributed by atoms with Crippen LogP contribution < -0.4 is 0 Å². The molecule has 0 atom stereocenters. The predicted molar refractivity (Wildman–Crippen MR) is 120 cm³/mol. The fourth-order valence-electron chi connectivity index (χ4n) is 3.82. The first-order valence-corrected chi connectivity index (χ1v) is 10.4. The van der Waals surface area contributed by atoms with E-state index in [1.165, 1.54) is 30.3 Å². The quantitative estimate of drug-likeness (QED) is 0.276. The maximum atomic E-state index is 14.0. The second-order valence-corrected chi connectivity index (χ2v) is 7.82. The molecular weight excluding hydrogens is 462 g/mol. The van der Waals surface area contributed by atoms with Crippen molar-refractivity contribution in [2.45, 2.75) is 6.18 Å². The van der Waals surface area contributed by atoms with E-state index in [-0.39, 0.29) is 28.8 Å². The molecule has 10 heteroatoms. The Labute approximate surface area is 194 Å². The van der Waals surface area contributed by atoms with Gasteiger partial charge >= 0.3 is 6.18 Å². The summed E-state index contributed by atoms with van der Waals surface area (Å²) in [6, 6.07) is 20.6. The maximum Gasteiger partial charge on any atom is 0.433 e. The average molecular weight is 475 g/mol. The lowest BCUT2D eigenvalue weighted by molar-refractivity contribution is -0.142. The summed E-state index contributed by atoms with van der Waals surface area (Å²) >= 11 is 0. The third-order valence-corrected chi connectivity index (χ3v) is 5.51. The zero-order valence-electron chi connectivity index (χ0n) is 17.7. The van der Waals surface area contributed by atoms with Crippen molar-refractivity contribution < 1.29 is 22.1 Å². The third-order valence-electron chi connectivity index (χ3n) is 5.51. The Hall–Kier alpha value is -4.60. The first-order chi connectivity index (χ1) is 16.8. The largest absolute Gasteiger partial charge is 0.433 e. The number of aromatic nitrogens is 5. The van der Waals surface area contributed by atoms with Crippen molar-refractivity contribution in [2.75, 3.05) is 0 Å². The van der Waals surface area contributed by atoms with Gasteiger partial charge in [0.25, 0.3) is 5.89 Å². The molecule has 0 saturated heterocycles. The van der Waals surface area contributed by atoms with Crippen molar-refractivity contribution in [1.82, 2.24) is 24.7 Å². The van der Waals surface area contributed by atoms with E-state index < -0.39 is 17.7 Å². The topological polar surface area (TPSA) is 69.1 Å². The predicted octanol–water partition coefficient (Wildman–Crippen LogP) is 6.42. The van der Waals surface area contributed by atoms with Crippen LogP contribution in [0.15, 0.2) is 83.4 Å². The molecule has 3 aromatic heterocycles. The maximum absolute atomic E-state index is 14.0. The SMILES string of the molecule is Fc1ccc(-c2noc(-c3cc4nc(-c5ccc6ccccc6c5)cc(C(F)(F)F)n4n3)n2)cc1. The van der Waals surface area contributed by atoms with Gasteiger partial charge in [-0.1, -0.05) is 41.6 Å². The number of alkyl halides is 3. The molecule has 6 rings (SSSR count). The van der Waals surface area contributed by atoms with Crippen LogP contribution >= 0.6 is 0 Å². The van der Waals surface area contributed by atoms with Crippen LogP contribution in [-0.4, -0.2) is 24.7 Å². The molecule has 0 unspecified atom stereocenters. The summed E-state index contributed by atoms with van der Waals surface area (Å²) in [6.07, 6.45) is -4.69. The molecule has 0 aliphatic heterocycles. The van der Waals surface area contributed by atoms with Gasteiger partial charge in [0, 0.05) is 17.2 Å². The van der Waals surface area contributed by atoms with Gasteiger partial charge in [0.2, 0.25) is 5.82 Å². The highest BCUT2D eigenvalue weighted by Crippen LogP contribution is 2.34. The van der Waals surface area contributed by atoms with E-state index >= 15 is 0 Å². The van der Waals surface area contributed by atoms with Crippen LogP contribution in [0, 0.1) is 5.82 Å². The lowest BCUT2D eigenvalue weighted by Crippen LogP contribution is -2.13. The van der Waals surface area contributed by atoms with Gasteiger partial charge in [0.05, 0.1) is 5.69 Å². The normalized spacial score (nSPS) is 12.0. The van der Waals surface area contributed by atoms with Crippen molar-refractivity contribution in [3.63, 3.8) is 0 Å². The minimum Gasteiger partial charge on any atom is -0.332 e. The lowest BCUT2D eigenvalue weighted by atomic mass is 10.0. The van der Waals surface area contributed by atoms with Crippen LogP contribution in [0.5, 0.6) is 0 Å². The van der Waals surface area contributed by atoms with E-state index in [0.29, 0.717) is 15.6 Å². The summed E-state index contributed by atoms with van der Waals surface area (Å²) in [6.45, 7) is 0. The minimum absolute atomic E-state index is 0.0273. The van der Waals surface area contributed by atoms with E-state index in [0.717, 1.165) is 16.8 Å². The summed E-state index contributed by atoms with van der Waals surface area (Å²) in [4.78, 5) is 8.61. The van der Waals surface area contributed by atoms with E-state index in [2.05, 4.69) is 20.2 Å². The molecule has 0 aliphatic carbocycles. The molecule has 3 heterocycles. The van der Waals surface area contributed by atoms with Crippen molar-refractivity contribution in [3.05, 3.63) is 90.4 Å². The van der Waals surface area contributed by atoms with E-state index in [9.17, 15) is 17.6 Å². The molecule has 0 aliphatic rings. The fraction of sp³-hybridized carbons (Fsp3) is 0.0400. The van der Waals surface area contributed by atoms with Gasteiger partial charge in [-0.2, -0.15) is 23.3 Å². The number of hydrogen-bond donors (Lipinski definition) is 0. The molecule has 0 bridgehead atoms. The van der Waals surface area contributed by atoms with Crippen LogP contribution in [0.1, 0.15) is 5.69 Å². The molecule has 35 heavy (non-hydrogen) atoms. The molecule has 0 fully saturated rings. The van der Waals surface area contributed by atoms with Gasteiger partial charge in [-0.05, 0) is 47.2 Å². The van der Waals surface area contributed by atoms with Crippen molar-refractivity contribution in [2.24, 2.45) is 0 Å². The second-order valence-electron chi connectivity index (χ2n) is 7.82. The van der Waals surface area contributed by atoms with Crippen molar-refractivity contribution >= 4 is 16.4 Å². The molecule has 0 radical (unpaired) electrons. The monoisotopic (exact) mass is 475 g/mol. The lowest BCUT2D eigenvalue weighted by Gasteiger charge is -2.11. The smallest absolute Gasteiger partial charge is 0.332 e. The Kier molecular flexibility index (Phi) is 4.63. The molecule has 0 amide bonds. The molecule has 0 saturated carbocycles. The van der Waals surface area contributed by atoms with E-state index in [1.54, 1.807) is 12.1 Å². The minimum atomic E-state index is -4.69. The summed E-state index contributed by atoms with van der Waals surface area (Å²) in [5, 5.41) is 9.71. The van der Waals surface area contributed by atoms with Gasteiger partial charge in [0.15, 0.2) is 17.0 Å². The summed E-state index contributed by atoms with van der Waals surface area (Å²) < 4.78 is 61.0. The Bertz CT molecular complexity index is 1700. The zero-order valence-corrected chi connectivity index (χ0v) is 17.7. The third kappa shape index (κ3) is 3.78. The summed E-state index contributed by atoms with van der Waals surface area (Å²) in [5.74, 6) is -0.362. The van der Waals surface area contributed by atoms with Crippen LogP contribution in [0.3, 0.4) is 0 Å². The number of hydrogen-bond acceptors (Lipinski definition) is 5. The van der Waals surface area contributed by atoms with Gasteiger partial charge in [-0.3, -0.25) is 0 Å². The van der Waals surface area contributed by atoms with Crippen LogP contribution in [-0.2, 0) is 6.18 Å². The van der Waals surface area contributed by atoms with Gasteiger partial charge < -0.3 is 4.52 Å². The molecule has 6 aromatic rings. The van der Waals surface area contributed by atoms with Crippen LogP contribution in [0.25, 0.3) is 50.6 Å². The van der Waals surface area contributed by atoms with E-state index in [4.69, 9.17) is 4.52 Å².